The van der Waals surface area contributed by atoms with Gasteiger partial charge in [-0.25, -0.2) is 8.78 Å². The molecule has 0 bridgehead atoms. The second-order valence-corrected chi connectivity index (χ2v) is 5.44. The number of halogens is 2. The Kier molecular flexibility index (Phi) is 5.43. The monoisotopic (exact) mass is 311 g/mol. The van der Waals surface area contributed by atoms with E-state index in [1.165, 1.54) is 6.92 Å². The fourth-order valence-corrected chi connectivity index (χ4v) is 2.45. The number of anilines is 2. The molecule has 0 aliphatic carbocycles. The molecular weight excluding hydrogens is 292 g/mol. The van der Waals surface area contributed by atoms with Crippen molar-refractivity contribution in [1.29, 1.82) is 0 Å². The van der Waals surface area contributed by atoms with E-state index in [1.54, 1.807) is 0 Å². The third-order valence-corrected chi connectivity index (χ3v) is 3.59. The van der Waals surface area contributed by atoms with E-state index in [1.807, 2.05) is 0 Å². The molecule has 0 radical (unpaired) electrons. The molecule has 7 heteroatoms. The average molecular weight is 311 g/mol. The van der Waals surface area contributed by atoms with Gasteiger partial charge in [0.2, 0.25) is 11.8 Å². The predicted molar refractivity (Wildman–Crippen MR) is 79.5 cm³/mol. The zero-order valence-electron chi connectivity index (χ0n) is 12.3. The summed E-state index contributed by atoms with van der Waals surface area (Å²) in [6.45, 7) is 3.11. The number of hydrogen-bond donors (Lipinski definition) is 3. The van der Waals surface area contributed by atoms with E-state index in [0.717, 1.165) is 38.1 Å². The largest absolute Gasteiger partial charge is 0.324 e. The van der Waals surface area contributed by atoms with Gasteiger partial charge in [0.15, 0.2) is 11.6 Å². The van der Waals surface area contributed by atoms with E-state index in [-0.39, 0.29) is 17.3 Å². The van der Waals surface area contributed by atoms with Crippen LogP contribution in [0.1, 0.15) is 26.2 Å². The summed E-state index contributed by atoms with van der Waals surface area (Å²) in [6, 6.07) is 1.73. The van der Waals surface area contributed by atoms with Gasteiger partial charge < -0.3 is 16.0 Å². The Morgan fingerprint density at radius 3 is 2.41 bits per heavy atom. The van der Waals surface area contributed by atoms with Crippen molar-refractivity contribution in [2.24, 2.45) is 5.92 Å². The van der Waals surface area contributed by atoms with Crippen LogP contribution in [0.2, 0.25) is 0 Å². The Morgan fingerprint density at radius 2 is 1.86 bits per heavy atom. The van der Waals surface area contributed by atoms with Gasteiger partial charge in [-0.3, -0.25) is 9.59 Å². The van der Waals surface area contributed by atoms with E-state index >= 15 is 0 Å². The average Bonchev–Trinajstić information content (AvgIpc) is 2.95. The topological polar surface area (TPSA) is 70.2 Å². The number of carbonyl (C=O) groups excluding carboxylic acids is 2. The highest BCUT2D eigenvalue weighted by Gasteiger charge is 2.17. The van der Waals surface area contributed by atoms with E-state index in [0.29, 0.717) is 12.3 Å². The maximum atomic E-state index is 13.3. The summed E-state index contributed by atoms with van der Waals surface area (Å²) in [4.78, 5) is 23.0. The molecule has 1 atom stereocenters. The number of carbonyl (C=O) groups is 2. The van der Waals surface area contributed by atoms with Gasteiger partial charge in [0.25, 0.3) is 0 Å². The lowest BCUT2D eigenvalue weighted by molar-refractivity contribution is -0.116. The molecule has 3 N–H and O–H groups in total. The molecule has 1 unspecified atom stereocenters. The molecular formula is C15H19F2N3O2. The summed E-state index contributed by atoms with van der Waals surface area (Å²) in [5, 5.41) is 8.12. The first-order valence-corrected chi connectivity index (χ1v) is 7.23. The Bertz CT molecular complexity index is 572. The highest BCUT2D eigenvalue weighted by atomic mass is 19.2. The van der Waals surface area contributed by atoms with Crippen LogP contribution in [0.15, 0.2) is 12.1 Å². The van der Waals surface area contributed by atoms with Crippen molar-refractivity contribution < 1.29 is 18.4 Å². The van der Waals surface area contributed by atoms with Crippen LogP contribution < -0.4 is 16.0 Å². The minimum absolute atomic E-state index is 0.0438. The third kappa shape index (κ3) is 4.49. The van der Waals surface area contributed by atoms with Crippen LogP contribution in [0, 0.1) is 17.6 Å². The summed E-state index contributed by atoms with van der Waals surface area (Å²) in [6.07, 6.45) is 2.07. The zero-order valence-corrected chi connectivity index (χ0v) is 12.3. The normalized spacial score (nSPS) is 17.3. The SMILES string of the molecule is CC(=O)Nc1cc(F)c(F)cc1NC(=O)CCC1CCNC1. The number of amides is 2. The number of hydrogen-bond acceptors (Lipinski definition) is 3. The van der Waals surface area contributed by atoms with Crippen molar-refractivity contribution in [1.82, 2.24) is 5.32 Å². The molecule has 1 heterocycles. The van der Waals surface area contributed by atoms with Crippen LogP contribution >= 0.6 is 0 Å². The van der Waals surface area contributed by atoms with Crippen molar-refractivity contribution in [2.75, 3.05) is 23.7 Å². The summed E-state index contributed by atoms with van der Waals surface area (Å²) in [5.41, 5.74) is 0.103. The van der Waals surface area contributed by atoms with Crippen LogP contribution in [0.5, 0.6) is 0 Å². The van der Waals surface area contributed by atoms with Crippen LogP contribution in [-0.2, 0) is 9.59 Å². The molecule has 2 amide bonds. The Hall–Kier alpha value is -2.02. The summed E-state index contributed by atoms with van der Waals surface area (Å²) < 4.78 is 26.6. The molecule has 1 aromatic rings. The summed E-state index contributed by atoms with van der Waals surface area (Å²) in [7, 11) is 0. The van der Waals surface area contributed by atoms with Gasteiger partial charge in [-0.2, -0.15) is 0 Å². The second-order valence-electron chi connectivity index (χ2n) is 5.44. The maximum absolute atomic E-state index is 13.3. The molecule has 0 saturated carbocycles. The lowest BCUT2D eigenvalue weighted by atomic mass is 10.0. The fraction of sp³-hybridized carbons (Fsp3) is 0.467. The van der Waals surface area contributed by atoms with Crippen molar-refractivity contribution in [3.63, 3.8) is 0 Å². The Balaban J connectivity index is 2.01. The molecule has 1 saturated heterocycles. The van der Waals surface area contributed by atoms with Crippen molar-refractivity contribution >= 4 is 23.2 Å². The first-order valence-electron chi connectivity index (χ1n) is 7.23. The lowest BCUT2D eigenvalue weighted by Gasteiger charge is -2.13. The first kappa shape index (κ1) is 16.4. The fourth-order valence-electron chi connectivity index (χ4n) is 2.45. The molecule has 5 nitrogen and oxygen atoms in total. The second kappa shape index (κ2) is 7.31. The van der Waals surface area contributed by atoms with E-state index in [9.17, 15) is 18.4 Å². The molecule has 1 fully saturated rings. The highest BCUT2D eigenvalue weighted by molar-refractivity contribution is 5.98. The molecule has 120 valence electrons. The van der Waals surface area contributed by atoms with Gasteiger partial charge in [0.05, 0.1) is 11.4 Å². The van der Waals surface area contributed by atoms with Crippen LogP contribution in [0.4, 0.5) is 20.2 Å². The van der Waals surface area contributed by atoms with Crippen molar-refractivity contribution in [3.05, 3.63) is 23.8 Å². The van der Waals surface area contributed by atoms with Gasteiger partial charge in [0.1, 0.15) is 0 Å². The van der Waals surface area contributed by atoms with Crippen molar-refractivity contribution in [3.8, 4) is 0 Å². The van der Waals surface area contributed by atoms with Crippen molar-refractivity contribution in [2.45, 2.75) is 26.2 Å². The number of nitrogens with one attached hydrogen (secondary N) is 3. The molecule has 1 aromatic carbocycles. The zero-order chi connectivity index (χ0) is 16.1. The van der Waals surface area contributed by atoms with E-state index in [2.05, 4.69) is 16.0 Å². The van der Waals surface area contributed by atoms with Gasteiger partial charge in [0, 0.05) is 25.5 Å². The van der Waals surface area contributed by atoms with Crippen LogP contribution in [-0.4, -0.2) is 24.9 Å². The smallest absolute Gasteiger partial charge is 0.224 e. The summed E-state index contributed by atoms with van der Waals surface area (Å²) in [5.74, 6) is -2.42. The molecule has 1 aliphatic heterocycles. The number of rotatable bonds is 5. The Labute approximate surface area is 127 Å². The quantitative estimate of drug-likeness (QED) is 0.781. The molecule has 0 aromatic heterocycles. The minimum Gasteiger partial charge on any atom is -0.324 e. The minimum atomic E-state index is -1.08. The summed E-state index contributed by atoms with van der Waals surface area (Å²) >= 11 is 0. The highest BCUT2D eigenvalue weighted by Crippen LogP contribution is 2.26. The first-order chi connectivity index (χ1) is 10.5. The van der Waals surface area contributed by atoms with Gasteiger partial charge in [-0.15, -0.1) is 0 Å². The van der Waals surface area contributed by atoms with Gasteiger partial charge in [-0.05, 0) is 31.8 Å². The van der Waals surface area contributed by atoms with E-state index in [4.69, 9.17) is 0 Å². The standard InChI is InChI=1S/C15H19F2N3O2/c1-9(21)19-13-6-11(16)12(17)7-14(13)20-15(22)3-2-10-4-5-18-8-10/h6-7,10,18H,2-5,8H2,1H3,(H,19,21)(H,20,22). The van der Waals surface area contributed by atoms with E-state index < -0.39 is 17.5 Å². The Morgan fingerprint density at radius 1 is 1.23 bits per heavy atom. The predicted octanol–water partition coefficient (Wildman–Crippen LogP) is 2.25. The third-order valence-electron chi connectivity index (χ3n) is 3.59. The number of benzene rings is 1. The lowest BCUT2D eigenvalue weighted by Crippen LogP contribution is -2.17. The van der Waals surface area contributed by atoms with Crippen LogP contribution in [0.3, 0.4) is 0 Å². The van der Waals surface area contributed by atoms with Crippen LogP contribution in [0.25, 0.3) is 0 Å². The maximum Gasteiger partial charge on any atom is 0.224 e. The molecule has 1 aliphatic rings. The molecule has 0 spiro atoms. The molecule has 22 heavy (non-hydrogen) atoms. The van der Waals surface area contributed by atoms with Gasteiger partial charge in [-0.1, -0.05) is 0 Å². The molecule has 2 rings (SSSR count). The van der Waals surface area contributed by atoms with Gasteiger partial charge >= 0.3 is 0 Å².